The Hall–Kier alpha value is -2.17. The van der Waals surface area contributed by atoms with Gasteiger partial charge in [-0.25, -0.2) is 14.5 Å². The Morgan fingerprint density at radius 2 is 2.04 bits per heavy atom. The number of carbonyl (C=O) groups excluding carboxylic acids is 1. The summed E-state index contributed by atoms with van der Waals surface area (Å²) in [5.41, 5.74) is 2.11. The molecule has 2 bridgehead atoms. The van der Waals surface area contributed by atoms with Crippen molar-refractivity contribution >= 4 is 5.97 Å². The van der Waals surface area contributed by atoms with Gasteiger partial charge in [0.25, 0.3) is 0 Å². The largest absolute Gasteiger partial charge is 0.458 e. The molecule has 25 heavy (non-hydrogen) atoms. The van der Waals surface area contributed by atoms with Gasteiger partial charge >= 0.3 is 5.97 Å². The molecule has 5 heteroatoms. The molecule has 1 aromatic heterocycles. The molecule has 3 fully saturated rings. The Bertz CT molecular complexity index is 752. The number of hydrogen-bond donors (Lipinski definition) is 0. The van der Waals surface area contributed by atoms with Crippen molar-refractivity contribution in [1.29, 1.82) is 0 Å². The van der Waals surface area contributed by atoms with Crippen LogP contribution in [-0.4, -0.2) is 26.8 Å². The number of benzene rings is 1. The average Bonchev–Trinajstić information content (AvgIpc) is 3.09. The number of fused-ring (bicyclic) bond motifs is 2. The van der Waals surface area contributed by atoms with E-state index < -0.39 is 0 Å². The molecule has 1 aromatic carbocycles. The minimum atomic E-state index is -0.205. The number of nitrogens with zero attached hydrogens (tertiary/aromatic N) is 3. The van der Waals surface area contributed by atoms with Gasteiger partial charge in [-0.3, -0.25) is 0 Å². The van der Waals surface area contributed by atoms with Gasteiger partial charge in [-0.2, -0.15) is 5.10 Å². The molecule has 2 aromatic rings. The van der Waals surface area contributed by atoms with E-state index in [1.807, 2.05) is 24.3 Å². The van der Waals surface area contributed by atoms with Crippen LogP contribution in [0.25, 0.3) is 0 Å². The quantitative estimate of drug-likeness (QED) is 0.799. The molecule has 1 heterocycles. The Labute approximate surface area is 148 Å². The Morgan fingerprint density at radius 1 is 1.28 bits per heavy atom. The van der Waals surface area contributed by atoms with Crippen LogP contribution < -0.4 is 0 Å². The van der Waals surface area contributed by atoms with Crippen LogP contribution >= 0.6 is 0 Å². The Kier molecular flexibility index (Phi) is 3.89. The van der Waals surface area contributed by atoms with Crippen molar-refractivity contribution in [1.82, 2.24) is 14.8 Å². The lowest BCUT2D eigenvalue weighted by Gasteiger charge is -2.61. The van der Waals surface area contributed by atoms with E-state index >= 15 is 0 Å². The monoisotopic (exact) mass is 339 g/mol. The van der Waals surface area contributed by atoms with Gasteiger partial charge < -0.3 is 4.74 Å². The van der Waals surface area contributed by atoms with Gasteiger partial charge in [0.2, 0.25) is 0 Å². The first kappa shape index (κ1) is 16.3. The van der Waals surface area contributed by atoms with Crippen molar-refractivity contribution in [2.24, 2.45) is 23.2 Å². The van der Waals surface area contributed by atoms with Gasteiger partial charge in [0, 0.05) is 0 Å². The van der Waals surface area contributed by atoms with Crippen molar-refractivity contribution < 1.29 is 9.53 Å². The van der Waals surface area contributed by atoms with Crippen LogP contribution in [0.15, 0.2) is 36.9 Å². The van der Waals surface area contributed by atoms with E-state index in [-0.39, 0.29) is 12.1 Å². The maximum absolute atomic E-state index is 12.5. The van der Waals surface area contributed by atoms with Gasteiger partial charge in [-0.15, -0.1) is 0 Å². The molecule has 0 N–H and O–H groups in total. The standard InChI is InChI=1S/C20H25N3O2/c1-13-17-8-16(20(17,2)3)9-18(13)25-19(24)15-6-4-14(5-7-15)10-23-12-21-11-22-23/h4-7,11-13,16-18H,8-10H2,1-3H3/t13-,16-,17-,18+/m1/s1. The van der Waals surface area contributed by atoms with Crippen molar-refractivity contribution in [3.63, 3.8) is 0 Å². The Morgan fingerprint density at radius 3 is 2.64 bits per heavy atom. The number of ether oxygens (including phenoxy) is 1. The fraction of sp³-hybridized carbons (Fsp3) is 0.550. The molecular formula is C20H25N3O2. The molecule has 0 saturated heterocycles. The second-order valence-electron chi connectivity index (χ2n) is 8.19. The summed E-state index contributed by atoms with van der Waals surface area (Å²) >= 11 is 0. The zero-order chi connectivity index (χ0) is 17.6. The van der Waals surface area contributed by atoms with Crippen LogP contribution in [0, 0.1) is 23.2 Å². The van der Waals surface area contributed by atoms with E-state index in [0.717, 1.165) is 12.0 Å². The Balaban J connectivity index is 1.38. The first-order valence-electron chi connectivity index (χ1n) is 9.07. The first-order valence-corrected chi connectivity index (χ1v) is 9.07. The van der Waals surface area contributed by atoms with Gasteiger partial charge in [-0.1, -0.05) is 32.9 Å². The molecule has 0 amide bonds. The summed E-state index contributed by atoms with van der Waals surface area (Å²) in [5.74, 6) is 1.60. The van der Waals surface area contributed by atoms with E-state index in [4.69, 9.17) is 4.74 Å². The molecule has 132 valence electrons. The first-order chi connectivity index (χ1) is 11.9. The summed E-state index contributed by atoms with van der Waals surface area (Å²) in [6.07, 6.45) is 5.54. The predicted molar refractivity (Wildman–Crippen MR) is 93.9 cm³/mol. The third kappa shape index (κ3) is 2.86. The van der Waals surface area contributed by atoms with Gasteiger partial charge in [0.1, 0.15) is 18.8 Å². The number of carbonyl (C=O) groups is 1. The summed E-state index contributed by atoms with van der Waals surface area (Å²) < 4.78 is 7.62. The zero-order valence-electron chi connectivity index (χ0n) is 15.1. The number of rotatable bonds is 4. The minimum Gasteiger partial charge on any atom is -0.458 e. The van der Waals surface area contributed by atoms with Crippen LogP contribution in [0.3, 0.4) is 0 Å². The van der Waals surface area contributed by atoms with Crippen molar-refractivity contribution in [3.05, 3.63) is 48.0 Å². The van der Waals surface area contributed by atoms with Crippen LogP contribution in [-0.2, 0) is 11.3 Å². The fourth-order valence-electron chi connectivity index (χ4n) is 4.71. The normalized spacial score (nSPS) is 29.7. The molecule has 4 atom stereocenters. The van der Waals surface area contributed by atoms with Crippen molar-refractivity contribution in [2.45, 2.75) is 46.3 Å². The summed E-state index contributed by atoms with van der Waals surface area (Å²) in [6, 6.07) is 7.58. The third-order valence-electron chi connectivity index (χ3n) is 6.54. The molecule has 5 rings (SSSR count). The lowest BCUT2D eigenvalue weighted by Crippen LogP contribution is -2.57. The predicted octanol–water partition coefficient (Wildman–Crippen LogP) is 3.55. The lowest BCUT2D eigenvalue weighted by molar-refractivity contribution is -0.156. The lowest BCUT2D eigenvalue weighted by atomic mass is 9.45. The highest BCUT2D eigenvalue weighted by atomic mass is 16.5. The van der Waals surface area contributed by atoms with E-state index in [1.54, 1.807) is 11.0 Å². The van der Waals surface area contributed by atoms with E-state index in [1.165, 1.54) is 12.7 Å². The second-order valence-corrected chi connectivity index (χ2v) is 8.19. The molecule has 5 nitrogen and oxygen atoms in total. The highest BCUT2D eigenvalue weighted by molar-refractivity contribution is 5.89. The second kappa shape index (κ2) is 5.97. The molecule has 0 aliphatic heterocycles. The zero-order valence-corrected chi connectivity index (χ0v) is 15.1. The SMILES string of the molecule is C[C@H]1[C@@H](OC(=O)c2ccc(Cn3cncn3)cc2)C[C@H]2C[C@H]1C2(C)C. The molecule has 3 aliphatic carbocycles. The highest BCUT2D eigenvalue weighted by Gasteiger charge is 2.57. The van der Waals surface area contributed by atoms with E-state index in [9.17, 15) is 4.79 Å². The van der Waals surface area contributed by atoms with Crippen molar-refractivity contribution in [3.8, 4) is 0 Å². The van der Waals surface area contributed by atoms with Gasteiger partial charge in [0.05, 0.1) is 12.1 Å². The van der Waals surface area contributed by atoms with Crippen LogP contribution in [0.4, 0.5) is 0 Å². The smallest absolute Gasteiger partial charge is 0.338 e. The summed E-state index contributed by atoms with van der Waals surface area (Å²) in [7, 11) is 0. The topological polar surface area (TPSA) is 57.0 Å². The summed E-state index contributed by atoms with van der Waals surface area (Å²) in [5, 5.41) is 4.09. The molecule has 0 radical (unpaired) electrons. The molecule has 3 saturated carbocycles. The summed E-state index contributed by atoms with van der Waals surface area (Å²) in [4.78, 5) is 16.5. The highest BCUT2D eigenvalue weighted by Crippen LogP contribution is 2.61. The van der Waals surface area contributed by atoms with Gasteiger partial charge in [-0.05, 0) is 53.7 Å². The maximum Gasteiger partial charge on any atom is 0.338 e. The third-order valence-corrected chi connectivity index (χ3v) is 6.54. The number of esters is 1. The number of aromatic nitrogens is 3. The van der Waals surface area contributed by atoms with E-state index in [2.05, 4.69) is 30.9 Å². The van der Waals surface area contributed by atoms with E-state index in [0.29, 0.717) is 35.3 Å². The minimum absolute atomic E-state index is 0.0547. The van der Waals surface area contributed by atoms with Crippen molar-refractivity contribution in [2.75, 3.05) is 0 Å². The molecule has 0 spiro atoms. The van der Waals surface area contributed by atoms with Crippen LogP contribution in [0.2, 0.25) is 0 Å². The fourth-order valence-corrected chi connectivity index (χ4v) is 4.71. The van der Waals surface area contributed by atoms with Crippen LogP contribution in [0.1, 0.15) is 49.5 Å². The summed E-state index contributed by atoms with van der Waals surface area (Å²) in [6.45, 7) is 7.59. The molecule has 0 unspecified atom stereocenters. The maximum atomic E-state index is 12.5. The van der Waals surface area contributed by atoms with Gasteiger partial charge in [0.15, 0.2) is 0 Å². The average molecular weight is 339 g/mol. The molecule has 3 aliphatic rings. The number of hydrogen-bond acceptors (Lipinski definition) is 4. The molecular weight excluding hydrogens is 314 g/mol. The van der Waals surface area contributed by atoms with Crippen LogP contribution in [0.5, 0.6) is 0 Å².